The largest absolute Gasteiger partial charge is 0.309 e. The van der Waals surface area contributed by atoms with Crippen molar-refractivity contribution in [2.75, 3.05) is 6.54 Å². The normalized spacial score (nSPS) is 23.2. The molecule has 0 bridgehead atoms. The smallest absolute Gasteiger partial charge is 0.0441 e. The van der Waals surface area contributed by atoms with Crippen LogP contribution in [0.2, 0.25) is 5.02 Å². The van der Waals surface area contributed by atoms with Crippen molar-refractivity contribution >= 4 is 11.6 Å². The summed E-state index contributed by atoms with van der Waals surface area (Å²) < 4.78 is 0. The van der Waals surface area contributed by atoms with Crippen LogP contribution in [0.1, 0.15) is 29.5 Å². The molecule has 1 heterocycles. The second-order valence-corrected chi connectivity index (χ2v) is 5.17. The average molecular weight is 258 g/mol. The van der Waals surface area contributed by atoms with Gasteiger partial charge in [0.15, 0.2) is 0 Å². The Hall–Kier alpha value is -1.31. The minimum Gasteiger partial charge on any atom is -0.309 e. The van der Waals surface area contributed by atoms with Gasteiger partial charge in [-0.1, -0.05) is 60.1 Å². The van der Waals surface area contributed by atoms with Crippen LogP contribution in [0.3, 0.4) is 0 Å². The molecule has 1 saturated heterocycles. The summed E-state index contributed by atoms with van der Waals surface area (Å²) in [6.45, 7) is 1.05. The highest BCUT2D eigenvalue weighted by molar-refractivity contribution is 6.31. The van der Waals surface area contributed by atoms with Gasteiger partial charge in [0.25, 0.3) is 0 Å². The molecule has 2 heteroatoms. The fourth-order valence-corrected chi connectivity index (χ4v) is 3.10. The van der Waals surface area contributed by atoms with E-state index in [0.29, 0.717) is 12.0 Å². The third-order valence-electron chi connectivity index (χ3n) is 3.69. The van der Waals surface area contributed by atoms with Crippen LogP contribution in [-0.2, 0) is 0 Å². The van der Waals surface area contributed by atoms with Crippen molar-refractivity contribution in [1.29, 1.82) is 0 Å². The van der Waals surface area contributed by atoms with Gasteiger partial charge in [0, 0.05) is 17.0 Å². The minimum atomic E-state index is 0.381. The van der Waals surface area contributed by atoms with Crippen LogP contribution in [0.5, 0.6) is 0 Å². The number of halogens is 1. The van der Waals surface area contributed by atoms with Crippen LogP contribution < -0.4 is 5.32 Å². The topological polar surface area (TPSA) is 12.0 Å². The van der Waals surface area contributed by atoms with E-state index >= 15 is 0 Å². The lowest BCUT2D eigenvalue weighted by atomic mass is 9.88. The Morgan fingerprint density at radius 1 is 0.944 bits per heavy atom. The van der Waals surface area contributed by atoms with E-state index in [1.165, 1.54) is 11.1 Å². The van der Waals surface area contributed by atoms with E-state index in [4.69, 9.17) is 11.6 Å². The summed E-state index contributed by atoms with van der Waals surface area (Å²) in [6, 6.07) is 19.2. The van der Waals surface area contributed by atoms with Crippen molar-refractivity contribution < 1.29 is 0 Å². The number of benzene rings is 2. The summed E-state index contributed by atoms with van der Waals surface area (Å²) in [5.74, 6) is 0.473. The second-order valence-electron chi connectivity index (χ2n) is 4.76. The molecule has 92 valence electrons. The molecule has 1 nitrogen and oxygen atoms in total. The Morgan fingerprint density at radius 3 is 2.44 bits per heavy atom. The van der Waals surface area contributed by atoms with E-state index in [-0.39, 0.29) is 0 Å². The van der Waals surface area contributed by atoms with Gasteiger partial charge in [0.2, 0.25) is 0 Å². The zero-order valence-corrected chi connectivity index (χ0v) is 10.9. The van der Waals surface area contributed by atoms with Gasteiger partial charge in [-0.2, -0.15) is 0 Å². The van der Waals surface area contributed by atoms with Crippen molar-refractivity contribution in [2.24, 2.45) is 0 Å². The highest BCUT2D eigenvalue weighted by Crippen LogP contribution is 2.40. The molecule has 0 saturated carbocycles. The maximum Gasteiger partial charge on any atom is 0.0441 e. The van der Waals surface area contributed by atoms with Gasteiger partial charge in [-0.15, -0.1) is 0 Å². The predicted molar refractivity (Wildman–Crippen MR) is 76.0 cm³/mol. The van der Waals surface area contributed by atoms with Crippen LogP contribution in [0.4, 0.5) is 0 Å². The summed E-state index contributed by atoms with van der Waals surface area (Å²) >= 11 is 6.33. The van der Waals surface area contributed by atoms with E-state index in [1.54, 1.807) is 0 Å². The number of nitrogens with one attached hydrogen (secondary N) is 1. The molecule has 0 amide bonds. The van der Waals surface area contributed by atoms with E-state index in [2.05, 4.69) is 47.8 Å². The van der Waals surface area contributed by atoms with Gasteiger partial charge >= 0.3 is 0 Å². The van der Waals surface area contributed by atoms with Crippen LogP contribution in [0, 0.1) is 0 Å². The monoisotopic (exact) mass is 257 g/mol. The van der Waals surface area contributed by atoms with Crippen LogP contribution in [-0.4, -0.2) is 6.54 Å². The van der Waals surface area contributed by atoms with Crippen LogP contribution in [0.15, 0.2) is 54.6 Å². The summed E-state index contributed by atoms with van der Waals surface area (Å²) in [5.41, 5.74) is 2.61. The molecule has 18 heavy (non-hydrogen) atoms. The summed E-state index contributed by atoms with van der Waals surface area (Å²) in [5, 5.41) is 4.47. The first-order chi connectivity index (χ1) is 8.86. The van der Waals surface area contributed by atoms with Gasteiger partial charge in [0.1, 0.15) is 0 Å². The first kappa shape index (κ1) is 11.8. The van der Waals surface area contributed by atoms with Crippen molar-refractivity contribution in [3.05, 3.63) is 70.7 Å². The molecule has 2 aromatic rings. The van der Waals surface area contributed by atoms with E-state index in [1.807, 2.05) is 12.1 Å². The zero-order valence-electron chi connectivity index (χ0n) is 10.1. The maximum atomic E-state index is 6.33. The Kier molecular flexibility index (Phi) is 3.35. The molecular weight excluding hydrogens is 242 g/mol. The van der Waals surface area contributed by atoms with Crippen molar-refractivity contribution in [3.63, 3.8) is 0 Å². The molecule has 0 aromatic heterocycles. The quantitative estimate of drug-likeness (QED) is 0.852. The summed E-state index contributed by atoms with van der Waals surface area (Å²) in [4.78, 5) is 0. The van der Waals surface area contributed by atoms with Crippen molar-refractivity contribution in [3.8, 4) is 0 Å². The van der Waals surface area contributed by atoms with E-state index in [0.717, 1.165) is 18.0 Å². The predicted octanol–water partition coefficient (Wildman–Crippen LogP) is 4.16. The first-order valence-electron chi connectivity index (χ1n) is 6.39. The third-order valence-corrected chi connectivity index (χ3v) is 4.03. The Bertz CT molecular complexity index is 524. The van der Waals surface area contributed by atoms with Gasteiger partial charge in [-0.05, 0) is 30.2 Å². The zero-order chi connectivity index (χ0) is 12.4. The van der Waals surface area contributed by atoms with Crippen molar-refractivity contribution in [1.82, 2.24) is 5.32 Å². The lowest BCUT2D eigenvalue weighted by Crippen LogP contribution is -2.17. The highest BCUT2D eigenvalue weighted by Gasteiger charge is 2.30. The molecule has 0 radical (unpaired) electrons. The summed E-state index contributed by atoms with van der Waals surface area (Å²) in [7, 11) is 0. The summed E-state index contributed by atoms with van der Waals surface area (Å²) in [6.07, 6.45) is 1.14. The first-order valence-corrected chi connectivity index (χ1v) is 6.77. The van der Waals surface area contributed by atoms with E-state index in [9.17, 15) is 0 Å². The number of hydrogen-bond donors (Lipinski definition) is 1. The SMILES string of the molecule is Clc1ccccc1C1CCNC1c1ccccc1. The van der Waals surface area contributed by atoms with Crippen LogP contribution in [0.25, 0.3) is 0 Å². The molecule has 1 fully saturated rings. The third kappa shape index (κ3) is 2.16. The van der Waals surface area contributed by atoms with Gasteiger partial charge in [0.05, 0.1) is 0 Å². The van der Waals surface area contributed by atoms with Crippen LogP contribution >= 0.6 is 11.6 Å². The molecule has 3 rings (SSSR count). The fourth-order valence-electron chi connectivity index (χ4n) is 2.82. The fraction of sp³-hybridized carbons (Fsp3) is 0.250. The standard InChI is InChI=1S/C16H16ClN/c17-15-9-5-4-8-13(15)14-10-11-18-16(14)12-6-2-1-3-7-12/h1-9,14,16,18H,10-11H2. The molecule has 2 aromatic carbocycles. The van der Waals surface area contributed by atoms with Crippen molar-refractivity contribution in [2.45, 2.75) is 18.4 Å². The lowest BCUT2D eigenvalue weighted by molar-refractivity contribution is 0.578. The maximum absolute atomic E-state index is 6.33. The molecule has 0 spiro atoms. The number of hydrogen-bond acceptors (Lipinski definition) is 1. The van der Waals surface area contributed by atoms with Gasteiger partial charge < -0.3 is 5.32 Å². The minimum absolute atomic E-state index is 0.381. The lowest BCUT2D eigenvalue weighted by Gasteiger charge is -2.21. The second kappa shape index (κ2) is 5.13. The number of rotatable bonds is 2. The molecule has 2 atom stereocenters. The molecule has 0 aliphatic carbocycles. The van der Waals surface area contributed by atoms with Gasteiger partial charge in [-0.3, -0.25) is 0 Å². The Balaban J connectivity index is 1.95. The Labute approximate surface area is 113 Å². The molecule has 1 N–H and O–H groups in total. The van der Waals surface area contributed by atoms with Gasteiger partial charge in [-0.25, -0.2) is 0 Å². The molecule has 1 aliphatic rings. The average Bonchev–Trinajstić information content (AvgIpc) is 2.89. The highest BCUT2D eigenvalue weighted by atomic mass is 35.5. The molecule has 1 aliphatic heterocycles. The van der Waals surface area contributed by atoms with E-state index < -0.39 is 0 Å². The molecule has 2 unspecified atom stereocenters. The Morgan fingerprint density at radius 2 is 1.67 bits per heavy atom. The molecular formula is C16H16ClN.